The molecule has 3 fully saturated rings. The Hall–Kier alpha value is -1.40. The van der Waals surface area contributed by atoms with Crippen LogP contribution in [-0.4, -0.2) is 63.5 Å². The smallest absolute Gasteiger partial charge is 0.343 e. The summed E-state index contributed by atoms with van der Waals surface area (Å²) in [5.74, 6) is -3.28. The lowest BCUT2D eigenvalue weighted by atomic mass is 9.98. The van der Waals surface area contributed by atoms with Crippen LogP contribution in [0.2, 0.25) is 0 Å². The van der Waals surface area contributed by atoms with Crippen molar-refractivity contribution in [1.29, 1.82) is 0 Å². The molecule has 0 aromatic heterocycles. The van der Waals surface area contributed by atoms with Crippen molar-refractivity contribution < 1.29 is 36.3 Å². The molecule has 3 saturated heterocycles. The van der Waals surface area contributed by atoms with Gasteiger partial charge in [-0.3, -0.25) is 0 Å². The van der Waals surface area contributed by atoms with E-state index in [1.54, 1.807) is 52.0 Å². The fourth-order valence-electron chi connectivity index (χ4n) is 3.80. The predicted octanol–water partition coefficient (Wildman–Crippen LogP) is 1.76. The molecule has 1 aromatic carbocycles. The average Bonchev–Trinajstić information content (AvgIpc) is 3.11. The Morgan fingerprint density at radius 2 is 1.83 bits per heavy atom. The van der Waals surface area contributed by atoms with Gasteiger partial charge in [0.1, 0.15) is 24.9 Å². The topological polar surface area (TPSA) is 102 Å². The molecule has 3 aliphatic heterocycles. The van der Waals surface area contributed by atoms with Crippen molar-refractivity contribution in [2.45, 2.75) is 63.4 Å². The maximum atomic E-state index is 12.3. The second-order valence-electron chi connectivity index (χ2n) is 8.14. The minimum atomic E-state index is -4.22. The number of nitrogens with zero attached hydrogens (tertiary/aromatic N) is 1. The highest BCUT2D eigenvalue weighted by Crippen LogP contribution is 2.47. The fourth-order valence-corrected chi connectivity index (χ4v) is 4.42. The van der Waals surface area contributed by atoms with Crippen molar-refractivity contribution in [2.24, 2.45) is 4.40 Å². The highest BCUT2D eigenvalue weighted by atomic mass is 32.2. The fraction of sp³-hybridized carbons (Fsp3) is 0.632. The minimum absolute atomic E-state index is 0.153. The summed E-state index contributed by atoms with van der Waals surface area (Å²) in [6, 6.07) is 8.84. The molecule has 1 unspecified atom stereocenters. The molecule has 9 nitrogen and oxygen atoms in total. The van der Waals surface area contributed by atoms with Crippen LogP contribution in [0, 0.1) is 0 Å². The van der Waals surface area contributed by atoms with Gasteiger partial charge in [-0.1, -0.05) is 30.3 Å². The third-order valence-corrected chi connectivity index (χ3v) is 5.59. The van der Waals surface area contributed by atoms with E-state index in [0.717, 1.165) is 0 Å². The zero-order chi connectivity index (χ0) is 20.9. The molecule has 0 amide bonds. The van der Waals surface area contributed by atoms with Gasteiger partial charge in [0, 0.05) is 6.21 Å². The summed E-state index contributed by atoms with van der Waals surface area (Å²) in [7, 11) is -4.22. The summed E-state index contributed by atoms with van der Waals surface area (Å²) in [5.41, 5.74) is 0.632. The lowest BCUT2D eigenvalue weighted by molar-refractivity contribution is -0.290. The van der Waals surface area contributed by atoms with E-state index in [9.17, 15) is 8.42 Å². The number of hydrogen-bond donors (Lipinski definition) is 0. The summed E-state index contributed by atoms with van der Waals surface area (Å²) >= 11 is 0. The van der Waals surface area contributed by atoms with Crippen LogP contribution in [0.3, 0.4) is 0 Å². The minimum Gasteiger partial charge on any atom is -0.343 e. The molecule has 4 atom stereocenters. The number of hydrogen-bond acceptors (Lipinski definition) is 8. The third kappa shape index (κ3) is 4.38. The molecule has 0 N–H and O–H groups in total. The Balaban J connectivity index is 1.51. The Labute approximate surface area is 170 Å². The van der Waals surface area contributed by atoms with Crippen LogP contribution in [0.5, 0.6) is 0 Å². The Morgan fingerprint density at radius 3 is 2.55 bits per heavy atom. The number of ether oxygens (including phenoxy) is 5. The van der Waals surface area contributed by atoms with E-state index in [2.05, 4.69) is 4.40 Å². The summed E-state index contributed by atoms with van der Waals surface area (Å²) in [4.78, 5) is 0. The first kappa shape index (κ1) is 20.9. The Morgan fingerprint density at radius 1 is 1.10 bits per heavy atom. The van der Waals surface area contributed by atoms with Crippen molar-refractivity contribution in [3.63, 3.8) is 0 Å². The highest BCUT2D eigenvalue weighted by Gasteiger charge is 2.65. The zero-order valence-electron chi connectivity index (χ0n) is 16.7. The summed E-state index contributed by atoms with van der Waals surface area (Å²) in [6.45, 7) is 6.76. The first-order valence-corrected chi connectivity index (χ1v) is 10.7. The monoisotopic (exact) mass is 427 g/mol. The number of rotatable bonds is 5. The van der Waals surface area contributed by atoms with Crippen molar-refractivity contribution in [3.05, 3.63) is 35.9 Å². The molecule has 0 bridgehead atoms. The molecule has 29 heavy (non-hydrogen) atoms. The average molecular weight is 427 g/mol. The van der Waals surface area contributed by atoms with Crippen LogP contribution in [0.15, 0.2) is 34.7 Å². The Bertz CT molecular complexity index is 885. The van der Waals surface area contributed by atoms with Gasteiger partial charge in [-0.2, -0.15) is 8.42 Å². The Kier molecular flexibility index (Phi) is 5.10. The van der Waals surface area contributed by atoms with Crippen molar-refractivity contribution in [2.75, 3.05) is 13.2 Å². The zero-order valence-corrected chi connectivity index (χ0v) is 17.5. The molecule has 0 aliphatic carbocycles. The van der Waals surface area contributed by atoms with Gasteiger partial charge in [-0.05, 0) is 33.3 Å². The van der Waals surface area contributed by atoms with Crippen molar-refractivity contribution in [1.82, 2.24) is 0 Å². The molecule has 1 aromatic rings. The van der Waals surface area contributed by atoms with E-state index >= 15 is 0 Å². The van der Waals surface area contributed by atoms with Crippen LogP contribution >= 0.6 is 0 Å². The third-order valence-electron chi connectivity index (χ3n) is 4.81. The second-order valence-corrected chi connectivity index (χ2v) is 9.44. The predicted molar refractivity (Wildman–Crippen MR) is 101 cm³/mol. The highest BCUT2D eigenvalue weighted by molar-refractivity contribution is 7.85. The van der Waals surface area contributed by atoms with E-state index in [0.29, 0.717) is 5.56 Å². The van der Waals surface area contributed by atoms with Crippen LogP contribution in [0.25, 0.3) is 0 Å². The lowest BCUT2D eigenvalue weighted by Gasteiger charge is -2.40. The molecule has 4 rings (SSSR count). The molecular formula is C19H25NO8S. The quantitative estimate of drug-likeness (QED) is 0.655. The van der Waals surface area contributed by atoms with Gasteiger partial charge in [0.25, 0.3) is 0 Å². The van der Waals surface area contributed by atoms with Gasteiger partial charge in [0.2, 0.25) is 5.79 Å². The molecular weight excluding hydrogens is 402 g/mol. The first-order chi connectivity index (χ1) is 13.5. The molecule has 3 heterocycles. The van der Waals surface area contributed by atoms with E-state index in [-0.39, 0.29) is 12.7 Å². The molecule has 0 radical (unpaired) electrons. The van der Waals surface area contributed by atoms with E-state index in [1.165, 1.54) is 6.21 Å². The maximum Gasteiger partial charge on any atom is 0.381 e. The van der Waals surface area contributed by atoms with Gasteiger partial charge in [0.05, 0.1) is 6.61 Å². The first-order valence-electron chi connectivity index (χ1n) is 9.37. The van der Waals surface area contributed by atoms with Crippen LogP contribution in [-0.2, 0) is 38.2 Å². The van der Waals surface area contributed by atoms with Gasteiger partial charge in [-0.15, -0.1) is 4.40 Å². The summed E-state index contributed by atoms with van der Waals surface area (Å²) in [6.07, 6.45) is -0.353. The molecule has 3 aliphatic rings. The SMILES string of the molecule is CC1(C)OC2[C@@H](CO[C@@]3(COS(=O)(=O)/N=C/c4ccccc4)OC(C)(C)O[C@@H]23)O1. The van der Waals surface area contributed by atoms with E-state index < -0.39 is 46.5 Å². The molecule has 160 valence electrons. The maximum absolute atomic E-state index is 12.3. The van der Waals surface area contributed by atoms with Gasteiger partial charge in [0.15, 0.2) is 11.6 Å². The van der Waals surface area contributed by atoms with Gasteiger partial charge < -0.3 is 23.7 Å². The number of fused-ring (bicyclic) bond motifs is 3. The summed E-state index contributed by atoms with van der Waals surface area (Å²) in [5, 5.41) is 0. The standard InChI is InChI=1S/C19H25NO8S/c1-17(2)25-14-11-23-19(16(15(14)26-17)27-18(3,4)28-19)12-24-29(21,22)20-10-13-8-6-5-7-9-13/h5-10,14-16H,11-12H2,1-4H3/b20-10+/t14-,15?,16+,19+/m1/s1. The largest absolute Gasteiger partial charge is 0.381 e. The molecule has 0 spiro atoms. The summed E-state index contributed by atoms with van der Waals surface area (Å²) < 4.78 is 63.0. The van der Waals surface area contributed by atoms with Gasteiger partial charge in [-0.25, -0.2) is 4.18 Å². The van der Waals surface area contributed by atoms with Crippen molar-refractivity contribution >= 4 is 16.5 Å². The van der Waals surface area contributed by atoms with Crippen molar-refractivity contribution in [3.8, 4) is 0 Å². The molecule has 0 saturated carbocycles. The van der Waals surface area contributed by atoms with Crippen LogP contribution in [0.4, 0.5) is 0 Å². The van der Waals surface area contributed by atoms with Crippen LogP contribution in [0.1, 0.15) is 33.3 Å². The van der Waals surface area contributed by atoms with E-state index in [1.807, 2.05) is 6.07 Å². The van der Waals surface area contributed by atoms with Gasteiger partial charge >= 0.3 is 10.3 Å². The van der Waals surface area contributed by atoms with E-state index in [4.69, 9.17) is 27.9 Å². The lowest BCUT2D eigenvalue weighted by Crippen LogP contribution is -2.60. The number of benzene rings is 1. The molecule has 10 heteroatoms. The van der Waals surface area contributed by atoms with Crippen LogP contribution < -0.4 is 0 Å². The second kappa shape index (κ2) is 7.09. The normalized spacial score (nSPS) is 35.5.